The fourth-order valence-corrected chi connectivity index (χ4v) is 2.15. The van der Waals surface area contributed by atoms with Gasteiger partial charge in [0, 0.05) is 12.6 Å². The van der Waals surface area contributed by atoms with E-state index in [-0.39, 0.29) is 11.8 Å². The van der Waals surface area contributed by atoms with Crippen LogP contribution in [0.5, 0.6) is 0 Å². The van der Waals surface area contributed by atoms with Gasteiger partial charge in [0.2, 0.25) is 5.91 Å². The van der Waals surface area contributed by atoms with Crippen LogP contribution in [0, 0.1) is 17.8 Å². The van der Waals surface area contributed by atoms with Gasteiger partial charge in [0.05, 0.1) is 5.92 Å². The number of nitrogens with two attached hydrogens (primary N) is 1. The summed E-state index contributed by atoms with van der Waals surface area (Å²) in [4.78, 5) is 11.9. The van der Waals surface area contributed by atoms with Crippen LogP contribution in [0.1, 0.15) is 46.5 Å². The molecule has 94 valence electrons. The van der Waals surface area contributed by atoms with Gasteiger partial charge in [-0.25, -0.2) is 0 Å². The molecule has 1 amide bonds. The summed E-state index contributed by atoms with van der Waals surface area (Å²) >= 11 is 0. The van der Waals surface area contributed by atoms with Gasteiger partial charge in [-0.3, -0.25) is 4.79 Å². The zero-order chi connectivity index (χ0) is 12.1. The van der Waals surface area contributed by atoms with Crippen molar-refractivity contribution in [2.24, 2.45) is 23.5 Å². The lowest BCUT2D eigenvalue weighted by molar-refractivity contribution is -0.125. The van der Waals surface area contributed by atoms with Crippen LogP contribution in [0.4, 0.5) is 0 Å². The summed E-state index contributed by atoms with van der Waals surface area (Å²) in [5, 5.41) is 3.09. The molecule has 2 atom stereocenters. The van der Waals surface area contributed by atoms with Gasteiger partial charge in [0.1, 0.15) is 0 Å². The highest BCUT2D eigenvalue weighted by molar-refractivity contribution is 5.79. The number of rotatable bonds is 7. The van der Waals surface area contributed by atoms with Crippen LogP contribution >= 0.6 is 0 Å². The summed E-state index contributed by atoms with van der Waals surface area (Å²) in [6.07, 6.45) is 4.70. The molecule has 0 aromatic carbocycles. The maximum absolute atomic E-state index is 11.9. The van der Waals surface area contributed by atoms with Crippen LogP contribution in [0.2, 0.25) is 0 Å². The topological polar surface area (TPSA) is 55.1 Å². The molecule has 0 heterocycles. The molecule has 0 spiro atoms. The summed E-state index contributed by atoms with van der Waals surface area (Å²) in [7, 11) is 0. The maximum Gasteiger partial charge on any atom is 0.224 e. The molecule has 16 heavy (non-hydrogen) atoms. The first-order chi connectivity index (χ1) is 7.52. The molecule has 0 aromatic heterocycles. The van der Waals surface area contributed by atoms with Crippen molar-refractivity contribution in [3.63, 3.8) is 0 Å². The van der Waals surface area contributed by atoms with Gasteiger partial charge < -0.3 is 11.1 Å². The Labute approximate surface area is 99.2 Å². The largest absolute Gasteiger partial charge is 0.353 e. The van der Waals surface area contributed by atoms with Crippen molar-refractivity contribution >= 4 is 5.91 Å². The van der Waals surface area contributed by atoms with Crippen molar-refractivity contribution in [3.8, 4) is 0 Å². The quantitative estimate of drug-likeness (QED) is 0.697. The second kappa shape index (κ2) is 6.24. The highest BCUT2D eigenvalue weighted by atomic mass is 16.1. The first-order valence-corrected chi connectivity index (χ1v) is 6.53. The molecule has 3 nitrogen and oxygen atoms in total. The van der Waals surface area contributed by atoms with E-state index in [1.807, 2.05) is 0 Å². The predicted molar refractivity (Wildman–Crippen MR) is 66.9 cm³/mol. The molecule has 3 heteroatoms. The molecule has 1 aliphatic rings. The van der Waals surface area contributed by atoms with E-state index in [0.29, 0.717) is 18.5 Å². The molecule has 0 aromatic rings. The van der Waals surface area contributed by atoms with Crippen LogP contribution in [0.25, 0.3) is 0 Å². The third-order valence-corrected chi connectivity index (χ3v) is 3.18. The Morgan fingerprint density at radius 1 is 1.38 bits per heavy atom. The van der Waals surface area contributed by atoms with Gasteiger partial charge >= 0.3 is 0 Å². The summed E-state index contributed by atoms with van der Waals surface area (Å²) < 4.78 is 0. The van der Waals surface area contributed by atoms with Gasteiger partial charge in [0.25, 0.3) is 0 Å². The normalized spacial score (nSPS) is 19.6. The van der Waals surface area contributed by atoms with Gasteiger partial charge in [-0.2, -0.15) is 0 Å². The Morgan fingerprint density at radius 2 is 2.00 bits per heavy atom. The van der Waals surface area contributed by atoms with E-state index in [0.717, 1.165) is 18.8 Å². The zero-order valence-corrected chi connectivity index (χ0v) is 10.8. The molecule has 0 radical (unpaired) electrons. The summed E-state index contributed by atoms with van der Waals surface area (Å²) in [5.41, 5.74) is 5.65. The molecule has 2 unspecified atom stereocenters. The summed E-state index contributed by atoms with van der Waals surface area (Å²) in [5.74, 6) is 1.51. The monoisotopic (exact) mass is 226 g/mol. The molecular weight excluding hydrogens is 200 g/mol. The third-order valence-electron chi connectivity index (χ3n) is 3.18. The van der Waals surface area contributed by atoms with Crippen molar-refractivity contribution in [1.29, 1.82) is 0 Å². The van der Waals surface area contributed by atoms with Crippen LogP contribution in [-0.4, -0.2) is 18.5 Å². The van der Waals surface area contributed by atoms with Gasteiger partial charge in [-0.15, -0.1) is 0 Å². The van der Waals surface area contributed by atoms with Crippen molar-refractivity contribution in [2.45, 2.75) is 52.5 Å². The van der Waals surface area contributed by atoms with E-state index >= 15 is 0 Å². The molecular formula is C13H26N2O. The second-order valence-electron chi connectivity index (χ2n) is 5.65. The van der Waals surface area contributed by atoms with E-state index in [1.54, 1.807) is 0 Å². The zero-order valence-electron chi connectivity index (χ0n) is 10.8. The minimum absolute atomic E-state index is 0.0124. The predicted octanol–water partition coefficient (Wildman–Crippen LogP) is 1.91. The van der Waals surface area contributed by atoms with Gasteiger partial charge in [0.15, 0.2) is 0 Å². The Bertz CT molecular complexity index is 224. The number of carbonyl (C=O) groups is 1. The van der Waals surface area contributed by atoms with Crippen LogP contribution in [0.15, 0.2) is 0 Å². The average molecular weight is 226 g/mol. The highest BCUT2D eigenvalue weighted by Crippen LogP contribution is 2.33. The minimum atomic E-state index is -0.0124. The van der Waals surface area contributed by atoms with Crippen LogP contribution in [-0.2, 0) is 4.79 Å². The van der Waals surface area contributed by atoms with E-state index < -0.39 is 0 Å². The standard InChI is InChI=1S/C13H26N2O/c1-9(2)6-12(8-14)13(16)15-10(3)7-11-4-5-11/h9-12H,4-8,14H2,1-3H3,(H,15,16). The molecule has 0 saturated heterocycles. The Kier molecular flexibility index (Phi) is 5.26. The minimum Gasteiger partial charge on any atom is -0.353 e. The lowest BCUT2D eigenvalue weighted by Gasteiger charge is -2.20. The second-order valence-corrected chi connectivity index (χ2v) is 5.65. The molecule has 1 rings (SSSR count). The van der Waals surface area contributed by atoms with Crippen molar-refractivity contribution in [1.82, 2.24) is 5.32 Å². The van der Waals surface area contributed by atoms with Crippen LogP contribution < -0.4 is 11.1 Å². The number of hydrogen-bond acceptors (Lipinski definition) is 2. The fourth-order valence-electron chi connectivity index (χ4n) is 2.15. The molecule has 1 saturated carbocycles. The van der Waals surface area contributed by atoms with E-state index in [9.17, 15) is 4.79 Å². The fraction of sp³-hybridized carbons (Fsp3) is 0.923. The Morgan fingerprint density at radius 3 is 2.44 bits per heavy atom. The summed E-state index contributed by atoms with van der Waals surface area (Å²) in [6, 6.07) is 0.307. The van der Waals surface area contributed by atoms with Gasteiger partial charge in [-0.05, 0) is 31.6 Å². The first-order valence-electron chi connectivity index (χ1n) is 6.53. The van der Waals surface area contributed by atoms with E-state index in [2.05, 4.69) is 26.1 Å². The molecule has 0 bridgehead atoms. The average Bonchev–Trinajstić information content (AvgIpc) is 2.97. The third kappa shape index (κ3) is 4.97. The molecule has 0 aliphatic heterocycles. The molecule has 1 fully saturated rings. The Hall–Kier alpha value is -0.570. The maximum atomic E-state index is 11.9. The van der Waals surface area contributed by atoms with E-state index in [1.165, 1.54) is 12.8 Å². The smallest absolute Gasteiger partial charge is 0.224 e. The number of hydrogen-bond donors (Lipinski definition) is 2. The molecule has 1 aliphatic carbocycles. The first kappa shape index (κ1) is 13.5. The number of amides is 1. The van der Waals surface area contributed by atoms with Crippen molar-refractivity contribution < 1.29 is 4.79 Å². The molecule has 3 N–H and O–H groups in total. The Balaban J connectivity index is 2.29. The lowest BCUT2D eigenvalue weighted by Crippen LogP contribution is -2.40. The summed E-state index contributed by atoms with van der Waals surface area (Å²) in [6.45, 7) is 6.81. The van der Waals surface area contributed by atoms with Crippen molar-refractivity contribution in [2.75, 3.05) is 6.54 Å². The van der Waals surface area contributed by atoms with E-state index in [4.69, 9.17) is 5.73 Å². The SMILES string of the molecule is CC(C)CC(CN)C(=O)NC(C)CC1CC1. The van der Waals surface area contributed by atoms with Gasteiger partial charge in [-0.1, -0.05) is 26.7 Å². The number of nitrogens with one attached hydrogen (secondary N) is 1. The highest BCUT2D eigenvalue weighted by Gasteiger charge is 2.25. The number of carbonyl (C=O) groups excluding carboxylic acids is 1. The lowest BCUT2D eigenvalue weighted by atomic mass is 9.96. The van der Waals surface area contributed by atoms with Crippen molar-refractivity contribution in [3.05, 3.63) is 0 Å². The van der Waals surface area contributed by atoms with Crippen LogP contribution in [0.3, 0.4) is 0 Å².